The molecule has 0 aromatic heterocycles. The van der Waals surface area contributed by atoms with Gasteiger partial charge < -0.3 is 24.4 Å². The molecule has 3 aromatic carbocycles. The second kappa shape index (κ2) is 11.5. The third kappa shape index (κ3) is 5.83. The van der Waals surface area contributed by atoms with Gasteiger partial charge >= 0.3 is 6.18 Å². The normalized spacial score (nSPS) is 15.0. The maximum Gasteiger partial charge on any atom is 0.416 e. The number of aryl methyl sites for hydroxylation is 2. The number of thiocarbonyl (C=S) groups is 1. The van der Waals surface area contributed by atoms with Crippen molar-refractivity contribution in [2.24, 2.45) is 0 Å². The molecule has 0 radical (unpaired) electrons. The van der Waals surface area contributed by atoms with Crippen LogP contribution in [-0.2, 0) is 19.0 Å². The molecule has 0 saturated heterocycles. The number of rotatable bonds is 7. The van der Waals surface area contributed by atoms with E-state index in [9.17, 15) is 13.2 Å². The molecule has 1 unspecified atom stereocenters. The highest BCUT2D eigenvalue weighted by Gasteiger charge is 2.33. The summed E-state index contributed by atoms with van der Waals surface area (Å²) in [4.78, 5) is 2.03. The molecule has 0 amide bonds. The summed E-state index contributed by atoms with van der Waals surface area (Å²) in [6.45, 7) is 4.80. The van der Waals surface area contributed by atoms with Crippen LogP contribution in [0.15, 0.2) is 54.6 Å². The largest absolute Gasteiger partial charge is 0.493 e. The van der Waals surface area contributed by atoms with Crippen LogP contribution >= 0.6 is 12.2 Å². The zero-order valence-electron chi connectivity index (χ0n) is 21.8. The zero-order chi connectivity index (χ0) is 27.4. The topological polar surface area (TPSA) is 43.0 Å². The first-order valence-corrected chi connectivity index (χ1v) is 12.8. The molecule has 0 aliphatic carbocycles. The quantitative estimate of drug-likeness (QED) is 0.324. The van der Waals surface area contributed by atoms with Gasteiger partial charge in [0.25, 0.3) is 0 Å². The Balaban J connectivity index is 1.68. The molecule has 9 heteroatoms. The highest BCUT2D eigenvalue weighted by molar-refractivity contribution is 7.80. The Bertz CT molecular complexity index is 1310. The first kappa shape index (κ1) is 27.6. The van der Waals surface area contributed by atoms with Crippen LogP contribution in [-0.4, -0.2) is 37.4 Å². The Morgan fingerprint density at radius 3 is 2.45 bits per heavy atom. The van der Waals surface area contributed by atoms with Crippen molar-refractivity contribution in [3.8, 4) is 17.2 Å². The van der Waals surface area contributed by atoms with Crippen molar-refractivity contribution in [1.82, 2.24) is 4.90 Å². The lowest BCUT2D eigenvalue weighted by atomic mass is 9.92. The molecule has 4 rings (SSSR count). The van der Waals surface area contributed by atoms with Gasteiger partial charge in [0, 0.05) is 12.2 Å². The van der Waals surface area contributed by atoms with E-state index >= 15 is 0 Å². The molecule has 1 atom stereocenters. The molecule has 5 nitrogen and oxygen atoms in total. The maximum atomic E-state index is 13.3. The minimum atomic E-state index is -4.46. The Kier molecular flexibility index (Phi) is 8.35. The summed E-state index contributed by atoms with van der Waals surface area (Å²) in [5.41, 5.74) is 4.40. The fraction of sp³-hybridized carbons (Fsp3) is 0.345. The number of nitrogens with one attached hydrogen (secondary N) is 1. The van der Waals surface area contributed by atoms with Crippen LogP contribution in [0.1, 0.15) is 40.8 Å². The first-order chi connectivity index (χ1) is 18.2. The lowest BCUT2D eigenvalue weighted by Gasteiger charge is -2.39. The van der Waals surface area contributed by atoms with Crippen molar-refractivity contribution in [2.75, 3.05) is 32.7 Å². The van der Waals surface area contributed by atoms with Gasteiger partial charge in [-0.1, -0.05) is 31.2 Å². The number of alkyl halides is 3. The van der Waals surface area contributed by atoms with Crippen molar-refractivity contribution in [1.29, 1.82) is 0 Å². The third-order valence-electron chi connectivity index (χ3n) is 6.80. The molecule has 0 fully saturated rings. The SMILES string of the molecule is CCc1cccc(C)c1NC(=S)N1CCc2cc(OC)c(OC)cc2C1COc1cccc(C(F)(F)F)c1. The van der Waals surface area contributed by atoms with Gasteiger partial charge in [-0.15, -0.1) is 0 Å². The average Bonchev–Trinajstić information content (AvgIpc) is 2.91. The van der Waals surface area contributed by atoms with Crippen molar-refractivity contribution in [3.63, 3.8) is 0 Å². The zero-order valence-corrected chi connectivity index (χ0v) is 22.6. The number of methoxy groups -OCH3 is 2. The summed E-state index contributed by atoms with van der Waals surface area (Å²) in [6.07, 6.45) is -2.91. The summed E-state index contributed by atoms with van der Waals surface area (Å²) in [5.74, 6) is 1.31. The van der Waals surface area contributed by atoms with Gasteiger partial charge in [-0.25, -0.2) is 0 Å². The number of fused-ring (bicyclic) bond motifs is 1. The molecule has 1 aliphatic heterocycles. The minimum Gasteiger partial charge on any atom is -0.493 e. The van der Waals surface area contributed by atoms with Crippen LogP contribution in [0.4, 0.5) is 18.9 Å². The standard InChI is InChI=1S/C29H31F3N2O3S/c1-5-19-9-6-8-18(2)27(19)33-28(38)34-13-12-20-14-25(35-3)26(36-4)16-23(20)24(34)17-37-22-11-7-10-21(15-22)29(30,31)32/h6-11,14-16,24H,5,12-13,17H2,1-4H3,(H,33,38). The second-order valence-corrected chi connectivity index (χ2v) is 9.48. The molecule has 1 N–H and O–H groups in total. The highest BCUT2D eigenvalue weighted by atomic mass is 32.1. The van der Waals surface area contributed by atoms with E-state index in [1.807, 2.05) is 36.1 Å². The molecule has 38 heavy (non-hydrogen) atoms. The van der Waals surface area contributed by atoms with E-state index in [1.54, 1.807) is 14.2 Å². The van der Waals surface area contributed by atoms with Crippen LogP contribution in [0.25, 0.3) is 0 Å². The molecule has 1 aliphatic rings. The van der Waals surface area contributed by atoms with Gasteiger partial charge in [0.05, 0.1) is 25.8 Å². The number of hydrogen-bond donors (Lipinski definition) is 1. The molecular formula is C29H31F3N2O3S. The van der Waals surface area contributed by atoms with E-state index in [-0.39, 0.29) is 18.4 Å². The Morgan fingerprint density at radius 2 is 1.76 bits per heavy atom. The molecule has 3 aromatic rings. The Morgan fingerprint density at radius 1 is 1.05 bits per heavy atom. The predicted molar refractivity (Wildman–Crippen MR) is 146 cm³/mol. The fourth-order valence-electron chi connectivity index (χ4n) is 4.77. The van der Waals surface area contributed by atoms with E-state index in [4.69, 9.17) is 26.4 Å². The van der Waals surface area contributed by atoms with E-state index in [0.29, 0.717) is 29.6 Å². The van der Waals surface area contributed by atoms with E-state index < -0.39 is 11.7 Å². The van der Waals surface area contributed by atoms with Crippen LogP contribution in [0.3, 0.4) is 0 Å². The van der Waals surface area contributed by atoms with Gasteiger partial charge in [-0.3, -0.25) is 0 Å². The number of hydrogen-bond acceptors (Lipinski definition) is 4. The number of ether oxygens (including phenoxy) is 3. The van der Waals surface area contributed by atoms with Crippen molar-refractivity contribution in [3.05, 3.63) is 82.4 Å². The maximum absolute atomic E-state index is 13.3. The molecule has 1 heterocycles. The fourth-order valence-corrected chi connectivity index (χ4v) is 5.09. The van der Waals surface area contributed by atoms with Crippen LogP contribution in [0, 0.1) is 6.92 Å². The summed E-state index contributed by atoms with van der Waals surface area (Å²) in [6, 6.07) is 14.5. The van der Waals surface area contributed by atoms with Crippen molar-refractivity contribution >= 4 is 23.0 Å². The summed E-state index contributed by atoms with van der Waals surface area (Å²) in [7, 11) is 3.15. The lowest BCUT2D eigenvalue weighted by molar-refractivity contribution is -0.137. The predicted octanol–water partition coefficient (Wildman–Crippen LogP) is 6.97. The highest BCUT2D eigenvalue weighted by Crippen LogP contribution is 2.39. The number of benzene rings is 3. The molecule has 0 bridgehead atoms. The number of para-hydroxylation sites is 1. The van der Waals surface area contributed by atoms with E-state index in [1.165, 1.54) is 12.1 Å². The van der Waals surface area contributed by atoms with Crippen molar-refractivity contribution < 1.29 is 27.4 Å². The Hall–Kier alpha value is -3.46. The smallest absolute Gasteiger partial charge is 0.416 e. The molecular weight excluding hydrogens is 513 g/mol. The summed E-state index contributed by atoms with van der Waals surface area (Å²) < 4.78 is 56.8. The van der Waals surface area contributed by atoms with Gasteiger partial charge in [-0.2, -0.15) is 13.2 Å². The number of anilines is 1. The lowest BCUT2D eigenvalue weighted by Crippen LogP contribution is -2.44. The minimum absolute atomic E-state index is 0.0834. The van der Waals surface area contributed by atoms with E-state index in [0.717, 1.165) is 46.5 Å². The second-order valence-electron chi connectivity index (χ2n) is 9.09. The Labute approximate surface area is 226 Å². The first-order valence-electron chi connectivity index (χ1n) is 12.4. The van der Waals surface area contributed by atoms with Crippen LogP contribution in [0.5, 0.6) is 17.2 Å². The monoisotopic (exact) mass is 544 g/mol. The number of nitrogens with zero attached hydrogens (tertiary/aromatic N) is 1. The third-order valence-corrected chi connectivity index (χ3v) is 7.14. The van der Waals surface area contributed by atoms with Gasteiger partial charge in [0.2, 0.25) is 0 Å². The van der Waals surface area contributed by atoms with Gasteiger partial charge in [0.15, 0.2) is 16.6 Å². The number of halogens is 3. The van der Waals surface area contributed by atoms with Crippen LogP contribution < -0.4 is 19.5 Å². The van der Waals surface area contributed by atoms with Crippen molar-refractivity contribution in [2.45, 2.75) is 38.9 Å². The van der Waals surface area contributed by atoms with Crippen LogP contribution in [0.2, 0.25) is 0 Å². The van der Waals surface area contributed by atoms with E-state index in [2.05, 4.69) is 18.3 Å². The molecule has 0 spiro atoms. The van der Waals surface area contributed by atoms with Gasteiger partial charge in [-0.05, 0) is 84.6 Å². The molecule has 0 saturated carbocycles. The summed E-state index contributed by atoms with van der Waals surface area (Å²) >= 11 is 5.89. The van der Waals surface area contributed by atoms with Gasteiger partial charge in [0.1, 0.15) is 12.4 Å². The summed E-state index contributed by atoms with van der Waals surface area (Å²) in [5, 5.41) is 3.96. The molecule has 202 valence electrons. The average molecular weight is 545 g/mol.